The van der Waals surface area contributed by atoms with E-state index in [1.54, 1.807) is 7.11 Å². The summed E-state index contributed by atoms with van der Waals surface area (Å²) >= 11 is 1.36. The van der Waals surface area contributed by atoms with Crippen molar-refractivity contribution in [3.63, 3.8) is 0 Å². The van der Waals surface area contributed by atoms with Crippen LogP contribution in [-0.4, -0.2) is 33.5 Å². The molecule has 0 bridgehead atoms. The van der Waals surface area contributed by atoms with Gasteiger partial charge in [0.25, 0.3) is 0 Å². The van der Waals surface area contributed by atoms with Crippen LogP contribution in [0.3, 0.4) is 0 Å². The topological polar surface area (TPSA) is 69.0 Å². The number of ether oxygens (including phenoxy) is 1. The highest BCUT2D eigenvalue weighted by Crippen LogP contribution is 2.31. The molecule has 1 amide bonds. The van der Waals surface area contributed by atoms with E-state index in [0.717, 1.165) is 34.1 Å². The first-order valence-corrected chi connectivity index (χ1v) is 12.4. The van der Waals surface area contributed by atoms with E-state index in [0.29, 0.717) is 5.16 Å². The fraction of sp³-hybridized carbons (Fsp3) is 0.250. The monoisotopic (exact) mass is 486 g/mol. The van der Waals surface area contributed by atoms with Crippen LogP contribution in [0, 0.1) is 6.92 Å². The van der Waals surface area contributed by atoms with Gasteiger partial charge in [0.15, 0.2) is 11.0 Å². The van der Waals surface area contributed by atoms with E-state index in [1.807, 2.05) is 59.2 Å². The molecule has 1 N–H and O–H groups in total. The van der Waals surface area contributed by atoms with Crippen molar-refractivity contribution in [2.45, 2.75) is 38.3 Å². The number of aryl methyl sites for hydroxylation is 1. The van der Waals surface area contributed by atoms with E-state index in [2.05, 4.69) is 61.4 Å². The highest BCUT2D eigenvalue weighted by molar-refractivity contribution is 7.99. The van der Waals surface area contributed by atoms with Crippen molar-refractivity contribution in [3.8, 4) is 22.8 Å². The summed E-state index contributed by atoms with van der Waals surface area (Å²) in [5, 5.41) is 12.6. The first kappa shape index (κ1) is 24.5. The number of thioether (sulfide) groups is 1. The summed E-state index contributed by atoms with van der Waals surface area (Å²) in [5.41, 5.74) is 4.88. The molecule has 3 aromatic carbocycles. The molecule has 0 unspecified atom stereocenters. The maximum Gasteiger partial charge on any atom is 0.234 e. The van der Waals surface area contributed by atoms with Gasteiger partial charge in [0.1, 0.15) is 5.75 Å². The Morgan fingerprint density at radius 2 is 1.66 bits per heavy atom. The van der Waals surface area contributed by atoms with E-state index in [1.165, 1.54) is 17.3 Å². The van der Waals surface area contributed by atoms with Crippen LogP contribution in [0.25, 0.3) is 17.1 Å². The van der Waals surface area contributed by atoms with Crippen molar-refractivity contribution in [1.29, 1.82) is 0 Å². The van der Waals surface area contributed by atoms with Crippen molar-refractivity contribution in [1.82, 2.24) is 14.8 Å². The maximum atomic E-state index is 12.9. The summed E-state index contributed by atoms with van der Waals surface area (Å²) in [5.74, 6) is 1.61. The second-order valence-electron chi connectivity index (χ2n) is 9.34. The maximum absolute atomic E-state index is 12.9. The number of anilines is 1. The van der Waals surface area contributed by atoms with Gasteiger partial charge in [0.2, 0.25) is 5.91 Å². The summed E-state index contributed by atoms with van der Waals surface area (Å²) in [6.07, 6.45) is 0. The third kappa shape index (κ3) is 5.74. The van der Waals surface area contributed by atoms with Gasteiger partial charge in [-0.2, -0.15) is 0 Å². The Bertz CT molecular complexity index is 1310. The molecule has 0 radical (unpaired) electrons. The van der Waals surface area contributed by atoms with Gasteiger partial charge in [-0.1, -0.05) is 80.6 Å². The van der Waals surface area contributed by atoms with E-state index < -0.39 is 0 Å². The average molecular weight is 487 g/mol. The molecule has 4 rings (SSSR count). The molecule has 6 nitrogen and oxygen atoms in total. The zero-order valence-electron chi connectivity index (χ0n) is 20.7. The van der Waals surface area contributed by atoms with Crippen molar-refractivity contribution in [2.24, 2.45) is 0 Å². The second-order valence-corrected chi connectivity index (χ2v) is 10.3. The number of benzene rings is 3. The zero-order chi connectivity index (χ0) is 25.0. The molecule has 1 aromatic heterocycles. The number of hydrogen-bond acceptors (Lipinski definition) is 5. The Labute approximate surface area is 210 Å². The molecule has 7 heteroatoms. The van der Waals surface area contributed by atoms with Crippen molar-refractivity contribution in [2.75, 3.05) is 18.2 Å². The minimum absolute atomic E-state index is 0.0749. The molecule has 0 saturated carbocycles. The van der Waals surface area contributed by atoms with Crippen LogP contribution in [0.2, 0.25) is 0 Å². The van der Waals surface area contributed by atoms with Gasteiger partial charge in [0.05, 0.1) is 12.9 Å². The lowest BCUT2D eigenvalue weighted by atomic mass is 9.86. The first-order chi connectivity index (χ1) is 16.8. The van der Waals surface area contributed by atoms with E-state index >= 15 is 0 Å². The number of methoxy groups -OCH3 is 1. The normalized spacial score (nSPS) is 11.3. The van der Waals surface area contributed by atoms with Gasteiger partial charge >= 0.3 is 0 Å². The molecule has 1 heterocycles. The smallest absolute Gasteiger partial charge is 0.234 e. The van der Waals surface area contributed by atoms with Crippen molar-refractivity contribution >= 4 is 23.4 Å². The number of rotatable bonds is 7. The van der Waals surface area contributed by atoms with Crippen LogP contribution in [0.4, 0.5) is 5.69 Å². The number of carbonyl (C=O) groups is 1. The molecule has 0 aliphatic carbocycles. The number of carbonyl (C=O) groups excluding carboxylic acids is 1. The van der Waals surface area contributed by atoms with Crippen LogP contribution >= 0.6 is 11.8 Å². The fourth-order valence-corrected chi connectivity index (χ4v) is 4.53. The number of aromatic nitrogens is 3. The Balaban J connectivity index is 1.60. The molecular formula is C28H30N4O2S. The number of nitrogens with one attached hydrogen (secondary N) is 1. The molecule has 0 aliphatic heterocycles. The molecule has 180 valence electrons. The highest BCUT2D eigenvalue weighted by Gasteiger charge is 2.20. The third-order valence-corrected chi connectivity index (χ3v) is 6.54. The van der Waals surface area contributed by atoms with Crippen LogP contribution in [0.5, 0.6) is 5.75 Å². The largest absolute Gasteiger partial charge is 0.497 e. The number of para-hydroxylation sites is 1. The standard InChI is InChI=1S/C28H30N4O2S/c1-19-10-12-20(13-11-19)26-30-31-27(32(26)21-14-16-22(34-5)17-15-21)35-18-25(33)29-24-9-7-6-8-23(24)28(2,3)4/h6-17H,18H2,1-5H3,(H,29,33). The van der Waals surface area contributed by atoms with Gasteiger partial charge < -0.3 is 10.1 Å². The van der Waals surface area contributed by atoms with E-state index in [4.69, 9.17) is 4.74 Å². The highest BCUT2D eigenvalue weighted by atomic mass is 32.2. The molecule has 0 fully saturated rings. The van der Waals surface area contributed by atoms with Gasteiger partial charge in [-0.05, 0) is 48.2 Å². The van der Waals surface area contributed by atoms with Gasteiger partial charge in [-0.3, -0.25) is 9.36 Å². The molecule has 4 aromatic rings. The Hall–Kier alpha value is -3.58. The minimum atomic E-state index is -0.0899. The second kappa shape index (κ2) is 10.4. The predicted molar refractivity (Wildman–Crippen MR) is 143 cm³/mol. The summed E-state index contributed by atoms with van der Waals surface area (Å²) in [7, 11) is 1.64. The van der Waals surface area contributed by atoms with Crippen LogP contribution in [-0.2, 0) is 10.2 Å². The lowest BCUT2D eigenvalue weighted by molar-refractivity contribution is -0.113. The average Bonchev–Trinajstić information content (AvgIpc) is 3.27. The van der Waals surface area contributed by atoms with E-state index in [-0.39, 0.29) is 17.1 Å². The quantitative estimate of drug-likeness (QED) is 0.311. The number of hydrogen-bond donors (Lipinski definition) is 1. The molecule has 0 atom stereocenters. The molecule has 0 saturated heterocycles. The fourth-order valence-electron chi connectivity index (χ4n) is 3.78. The predicted octanol–water partition coefficient (Wildman–Crippen LogP) is 6.28. The number of nitrogens with zero attached hydrogens (tertiary/aromatic N) is 3. The molecule has 35 heavy (non-hydrogen) atoms. The van der Waals surface area contributed by atoms with E-state index in [9.17, 15) is 4.79 Å². The summed E-state index contributed by atoms with van der Waals surface area (Å²) < 4.78 is 7.29. The molecule has 0 aliphatic rings. The third-order valence-electron chi connectivity index (χ3n) is 5.62. The molecular weight excluding hydrogens is 456 g/mol. The first-order valence-electron chi connectivity index (χ1n) is 11.5. The summed E-state index contributed by atoms with van der Waals surface area (Å²) in [4.78, 5) is 12.9. The van der Waals surface area contributed by atoms with Gasteiger partial charge in [-0.25, -0.2) is 0 Å². The van der Waals surface area contributed by atoms with Gasteiger partial charge in [-0.15, -0.1) is 10.2 Å². The zero-order valence-corrected chi connectivity index (χ0v) is 21.5. The summed E-state index contributed by atoms with van der Waals surface area (Å²) in [6, 6.07) is 23.8. The van der Waals surface area contributed by atoms with Crippen molar-refractivity contribution in [3.05, 3.63) is 83.9 Å². The Kier molecular flexibility index (Phi) is 7.26. The lowest BCUT2D eigenvalue weighted by Crippen LogP contribution is -2.20. The van der Waals surface area contributed by atoms with Crippen LogP contribution in [0.15, 0.2) is 78.0 Å². The SMILES string of the molecule is COc1ccc(-n2c(SCC(=O)Nc3ccccc3C(C)(C)C)nnc2-c2ccc(C)cc2)cc1. The Morgan fingerprint density at radius 3 is 2.31 bits per heavy atom. The minimum Gasteiger partial charge on any atom is -0.497 e. The lowest BCUT2D eigenvalue weighted by Gasteiger charge is -2.23. The summed E-state index contributed by atoms with van der Waals surface area (Å²) in [6.45, 7) is 8.46. The van der Waals surface area contributed by atoms with Crippen molar-refractivity contribution < 1.29 is 9.53 Å². The van der Waals surface area contributed by atoms with Crippen LogP contribution in [0.1, 0.15) is 31.9 Å². The Morgan fingerprint density at radius 1 is 0.971 bits per heavy atom. The molecule has 0 spiro atoms. The van der Waals surface area contributed by atoms with Crippen LogP contribution < -0.4 is 10.1 Å². The number of amides is 1. The van der Waals surface area contributed by atoms with Gasteiger partial charge in [0, 0.05) is 16.9 Å².